The van der Waals surface area contributed by atoms with E-state index in [1.54, 1.807) is 23.9 Å². The number of methoxy groups -OCH3 is 1. The SMILES string of the molecule is COc1cccc(-c2nc3n(n2)C(c2ccc(F)cc2)C2=C(CCCC2=O)N3)c1. The summed E-state index contributed by atoms with van der Waals surface area (Å²) in [6, 6.07) is 13.3. The number of hydrogen-bond acceptors (Lipinski definition) is 5. The number of ether oxygens (including phenoxy) is 1. The van der Waals surface area contributed by atoms with E-state index < -0.39 is 6.04 Å². The lowest BCUT2D eigenvalue weighted by atomic mass is 9.85. The molecule has 0 saturated carbocycles. The van der Waals surface area contributed by atoms with Crippen LogP contribution >= 0.6 is 0 Å². The highest BCUT2D eigenvalue weighted by Crippen LogP contribution is 2.40. The minimum atomic E-state index is -0.429. The quantitative estimate of drug-likeness (QED) is 0.729. The largest absolute Gasteiger partial charge is 0.497 e. The van der Waals surface area contributed by atoms with Crippen molar-refractivity contribution in [3.8, 4) is 17.1 Å². The molecule has 5 rings (SSSR count). The summed E-state index contributed by atoms with van der Waals surface area (Å²) < 4.78 is 20.5. The fraction of sp³-hybridized carbons (Fsp3) is 0.227. The number of allylic oxidation sites excluding steroid dienone is 2. The summed E-state index contributed by atoms with van der Waals surface area (Å²) in [5.41, 5.74) is 3.19. The molecule has 146 valence electrons. The lowest BCUT2D eigenvalue weighted by Crippen LogP contribution is -2.31. The van der Waals surface area contributed by atoms with Gasteiger partial charge in [-0.3, -0.25) is 4.79 Å². The van der Waals surface area contributed by atoms with Gasteiger partial charge in [0.05, 0.1) is 7.11 Å². The summed E-state index contributed by atoms with van der Waals surface area (Å²) in [5.74, 6) is 1.60. The van der Waals surface area contributed by atoms with E-state index in [1.165, 1.54) is 12.1 Å². The van der Waals surface area contributed by atoms with Crippen molar-refractivity contribution >= 4 is 11.7 Å². The third-order valence-corrected chi connectivity index (χ3v) is 5.38. The van der Waals surface area contributed by atoms with Crippen molar-refractivity contribution in [3.63, 3.8) is 0 Å². The Balaban J connectivity index is 1.66. The van der Waals surface area contributed by atoms with Crippen molar-refractivity contribution in [1.29, 1.82) is 0 Å². The topological polar surface area (TPSA) is 69.0 Å². The minimum Gasteiger partial charge on any atom is -0.497 e. The Labute approximate surface area is 167 Å². The molecule has 1 aromatic heterocycles. The molecule has 1 unspecified atom stereocenters. The molecule has 7 heteroatoms. The van der Waals surface area contributed by atoms with Gasteiger partial charge in [-0.15, -0.1) is 5.10 Å². The monoisotopic (exact) mass is 390 g/mol. The summed E-state index contributed by atoms with van der Waals surface area (Å²) in [4.78, 5) is 17.5. The summed E-state index contributed by atoms with van der Waals surface area (Å²) in [7, 11) is 1.61. The highest BCUT2D eigenvalue weighted by molar-refractivity contribution is 5.99. The van der Waals surface area contributed by atoms with Crippen LogP contribution < -0.4 is 10.1 Å². The molecular weight excluding hydrogens is 371 g/mol. The molecule has 1 aliphatic heterocycles. The number of hydrogen-bond donors (Lipinski definition) is 1. The number of Topliss-reactive ketones (excluding diaryl/α,β-unsaturated/α-hetero) is 1. The van der Waals surface area contributed by atoms with Gasteiger partial charge in [-0.1, -0.05) is 24.3 Å². The number of nitrogens with one attached hydrogen (secondary N) is 1. The predicted molar refractivity (Wildman–Crippen MR) is 106 cm³/mol. The second-order valence-corrected chi connectivity index (χ2v) is 7.18. The lowest BCUT2D eigenvalue weighted by molar-refractivity contribution is -0.116. The molecule has 29 heavy (non-hydrogen) atoms. The highest BCUT2D eigenvalue weighted by Gasteiger charge is 2.36. The first kappa shape index (κ1) is 17.6. The maximum atomic E-state index is 13.5. The molecule has 1 aliphatic carbocycles. The van der Waals surface area contributed by atoms with E-state index in [0.29, 0.717) is 29.5 Å². The van der Waals surface area contributed by atoms with Crippen LogP contribution in [0, 0.1) is 5.82 Å². The zero-order chi connectivity index (χ0) is 20.0. The number of nitrogens with zero attached hydrogens (tertiary/aromatic N) is 3. The highest BCUT2D eigenvalue weighted by atomic mass is 19.1. The molecule has 2 aromatic carbocycles. The summed E-state index contributed by atoms with van der Waals surface area (Å²) in [6.07, 6.45) is 2.09. The molecule has 2 aliphatic rings. The molecule has 6 nitrogen and oxygen atoms in total. The Bertz CT molecular complexity index is 1130. The zero-order valence-corrected chi connectivity index (χ0v) is 15.9. The summed E-state index contributed by atoms with van der Waals surface area (Å²) in [5, 5.41) is 8.01. The Morgan fingerprint density at radius 2 is 2.00 bits per heavy atom. The van der Waals surface area contributed by atoms with Crippen molar-refractivity contribution in [1.82, 2.24) is 14.8 Å². The number of rotatable bonds is 3. The van der Waals surface area contributed by atoms with Gasteiger partial charge in [-0.25, -0.2) is 9.07 Å². The number of fused-ring (bicyclic) bond motifs is 1. The molecular formula is C22H19FN4O2. The normalized spacial score (nSPS) is 18.1. The predicted octanol–water partition coefficient (Wildman–Crippen LogP) is 4.11. The van der Waals surface area contributed by atoms with E-state index in [4.69, 9.17) is 9.84 Å². The average Bonchev–Trinajstić information content (AvgIpc) is 3.17. The van der Waals surface area contributed by atoms with Crippen molar-refractivity contribution in [3.05, 3.63) is 71.2 Å². The van der Waals surface area contributed by atoms with Crippen LogP contribution in [-0.2, 0) is 4.79 Å². The lowest BCUT2D eigenvalue weighted by Gasteiger charge is -2.32. The molecule has 0 bridgehead atoms. The number of halogens is 1. The molecule has 1 N–H and O–H groups in total. The van der Waals surface area contributed by atoms with Gasteiger partial charge < -0.3 is 10.1 Å². The van der Waals surface area contributed by atoms with Crippen LogP contribution in [0.15, 0.2) is 59.8 Å². The standard InChI is InChI=1S/C22H19FN4O2/c1-29-16-5-2-4-14(12-16)21-25-22-24-17-6-3-7-18(28)19(17)20(27(22)26-21)13-8-10-15(23)11-9-13/h2,4-5,8-12,20H,3,6-7H2,1H3,(H,24,25,26). The van der Waals surface area contributed by atoms with Crippen molar-refractivity contribution in [2.75, 3.05) is 12.4 Å². The third-order valence-electron chi connectivity index (χ3n) is 5.38. The van der Waals surface area contributed by atoms with Crippen LogP contribution in [-0.4, -0.2) is 27.7 Å². The number of benzene rings is 2. The van der Waals surface area contributed by atoms with Crippen molar-refractivity contribution in [2.45, 2.75) is 25.3 Å². The number of carbonyl (C=O) groups excluding carboxylic acids is 1. The summed E-state index contributed by atoms with van der Waals surface area (Å²) >= 11 is 0. The summed E-state index contributed by atoms with van der Waals surface area (Å²) in [6.45, 7) is 0. The smallest absolute Gasteiger partial charge is 0.226 e. The van der Waals surface area contributed by atoms with E-state index >= 15 is 0 Å². The Morgan fingerprint density at radius 3 is 2.79 bits per heavy atom. The van der Waals surface area contributed by atoms with Gasteiger partial charge in [0.25, 0.3) is 0 Å². The van der Waals surface area contributed by atoms with E-state index in [9.17, 15) is 9.18 Å². The van der Waals surface area contributed by atoms with Gasteiger partial charge in [0.2, 0.25) is 5.95 Å². The zero-order valence-electron chi connectivity index (χ0n) is 15.9. The number of anilines is 1. The molecule has 2 heterocycles. The maximum absolute atomic E-state index is 13.5. The van der Waals surface area contributed by atoms with Gasteiger partial charge in [0.15, 0.2) is 11.6 Å². The first-order chi connectivity index (χ1) is 14.1. The van der Waals surface area contributed by atoms with Crippen LogP contribution in [0.3, 0.4) is 0 Å². The number of aromatic nitrogens is 3. The molecule has 0 radical (unpaired) electrons. The van der Waals surface area contributed by atoms with Gasteiger partial charge in [0, 0.05) is 23.3 Å². The molecule has 3 aromatic rings. The molecule has 0 spiro atoms. The van der Waals surface area contributed by atoms with Crippen LogP contribution in [0.5, 0.6) is 5.75 Å². The molecule has 1 atom stereocenters. The van der Waals surface area contributed by atoms with Crippen molar-refractivity contribution in [2.24, 2.45) is 0 Å². The molecule has 0 saturated heterocycles. The van der Waals surface area contributed by atoms with E-state index in [-0.39, 0.29) is 11.6 Å². The van der Waals surface area contributed by atoms with Crippen molar-refractivity contribution < 1.29 is 13.9 Å². The van der Waals surface area contributed by atoms with Gasteiger partial charge in [-0.05, 0) is 42.7 Å². The van der Waals surface area contributed by atoms with E-state index in [2.05, 4.69) is 10.3 Å². The fourth-order valence-electron chi connectivity index (χ4n) is 3.99. The van der Waals surface area contributed by atoms with Crippen LogP contribution in [0.1, 0.15) is 30.9 Å². The van der Waals surface area contributed by atoms with E-state index in [1.807, 2.05) is 24.3 Å². The Morgan fingerprint density at radius 1 is 1.17 bits per heavy atom. The number of ketones is 1. The second-order valence-electron chi connectivity index (χ2n) is 7.18. The number of carbonyl (C=O) groups is 1. The maximum Gasteiger partial charge on any atom is 0.226 e. The molecule has 0 fully saturated rings. The third kappa shape index (κ3) is 2.99. The second kappa shape index (κ2) is 6.84. The van der Waals surface area contributed by atoms with Gasteiger partial charge in [0.1, 0.15) is 17.6 Å². The van der Waals surface area contributed by atoms with Gasteiger partial charge >= 0.3 is 0 Å². The fourth-order valence-corrected chi connectivity index (χ4v) is 3.99. The first-order valence-electron chi connectivity index (χ1n) is 9.54. The Kier molecular flexibility index (Phi) is 4.16. The van der Waals surface area contributed by atoms with Crippen LogP contribution in [0.4, 0.5) is 10.3 Å². The van der Waals surface area contributed by atoms with E-state index in [0.717, 1.165) is 29.7 Å². The minimum absolute atomic E-state index is 0.0946. The van der Waals surface area contributed by atoms with Crippen LogP contribution in [0.25, 0.3) is 11.4 Å². The average molecular weight is 390 g/mol. The van der Waals surface area contributed by atoms with Crippen LogP contribution in [0.2, 0.25) is 0 Å². The van der Waals surface area contributed by atoms with Gasteiger partial charge in [-0.2, -0.15) is 4.98 Å². The molecule has 0 amide bonds. The first-order valence-corrected chi connectivity index (χ1v) is 9.54. The Hall–Kier alpha value is -3.48.